The first kappa shape index (κ1) is 14.9. The monoisotopic (exact) mass is 293 g/mol. The Kier molecular flexibility index (Phi) is 5.44. The van der Waals surface area contributed by atoms with Crippen LogP contribution in [0.1, 0.15) is 24.7 Å². The summed E-state index contributed by atoms with van der Waals surface area (Å²) in [5, 5.41) is 4.09. The number of aryl methyl sites for hydroxylation is 1. The molecule has 0 aliphatic heterocycles. The second kappa shape index (κ2) is 7.31. The topological polar surface area (TPSA) is 39.1 Å². The third-order valence-electron chi connectivity index (χ3n) is 3.04. The van der Waals surface area contributed by atoms with E-state index in [1.807, 2.05) is 36.0 Å². The standard InChI is InChI=1S/C15H20ClN3O/c1-3-6-17-10-12-9-13(16)4-5-14(12)20-11-15-18-7-8-19(15)2/h4-5,7-9,17H,3,6,10-11H2,1-2H3. The second-order valence-electron chi connectivity index (χ2n) is 4.67. The van der Waals surface area contributed by atoms with E-state index < -0.39 is 0 Å². The highest BCUT2D eigenvalue weighted by molar-refractivity contribution is 6.30. The summed E-state index contributed by atoms with van der Waals surface area (Å²) in [5.74, 6) is 1.74. The van der Waals surface area contributed by atoms with Crippen LogP contribution in [0.25, 0.3) is 0 Å². The van der Waals surface area contributed by atoms with Gasteiger partial charge in [-0.3, -0.25) is 0 Å². The third kappa shape index (κ3) is 3.99. The van der Waals surface area contributed by atoms with Gasteiger partial charge in [0, 0.05) is 36.6 Å². The van der Waals surface area contributed by atoms with Gasteiger partial charge in [0.15, 0.2) is 0 Å². The quantitative estimate of drug-likeness (QED) is 0.797. The van der Waals surface area contributed by atoms with Gasteiger partial charge in [-0.25, -0.2) is 4.98 Å². The van der Waals surface area contributed by atoms with Gasteiger partial charge >= 0.3 is 0 Å². The van der Waals surface area contributed by atoms with Crippen LogP contribution < -0.4 is 10.1 Å². The largest absolute Gasteiger partial charge is 0.485 e. The Labute approximate surface area is 124 Å². The number of nitrogens with zero attached hydrogens (tertiary/aromatic N) is 2. The van der Waals surface area contributed by atoms with Crippen molar-refractivity contribution < 1.29 is 4.74 Å². The molecule has 0 atom stereocenters. The molecule has 0 aliphatic carbocycles. The minimum atomic E-state index is 0.450. The number of hydrogen-bond acceptors (Lipinski definition) is 3. The Bertz CT molecular complexity index is 554. The molecule has 2 aromatic rings. The highest BCUT2D eigenvalue weighted by Crippen LogP contribution is 2.23. The van der Waals surface area contributed by atoms with Gasteiger partial charge in [-0.1, -0.05) is 18.5 Å². The van der Waals surface area contributed by atoms with Crippen molar-refractivity contribution in [1.82, 2.24) is 14.9 Å². The average Bonchev–Trinajstić information content (AvgIpc) is 2.84. The van der Waals surface area contributed by atoms with Crippen molar-refractivity contribution in [3.05, 3.63) is 47.0 Å². The fourth-order valence-electron chi connectivity index (χ4n) is 1.90. The molecule has 1 aromatic carbocycles. The lowest BCUT2D eigenvalue weighted by molar-refractivity contribution is 0.288. The molecule has 5 heteroatoms. The predicted molar refractivity (Wildman–Crippen MR) is 81.0 cm³/mol. The van der Waals surface area contributed by atoms with E-state index in [-0.39, 0.29) is 0 Å². The zero-order valence-corrected chi connectivity index (χ0v) is 12.7. The summed E-state index contributed by atoms with van der Waals surface area (Å²) in [6.07, 6.45) is 4.78. The molecule has 1 aromatic heterocycles. The van der Waals surface area contributed by atoms with Crippen LogP contribution in [0.15, 0.2) is 30.6 Å². The summed E-state index contributed by atoms with van der Waals surface area (Å²) in [4.78, 5) is 4.25. The van der Waals surface area contributed by atoms with Gasteiger partial charge in [0.2, 0.25) is 0 Å². The first-order valence-corrected chi connectivity index (χ1v) is 7.16. The van der Waals surface area contributed by atoms with Crippen LogP contribution in [0.4, 0.5) is 0 Å². The summed E-state index contributed by atoms with van der Waals surface area (Å²) in [5.41, 5.74) is 1.07. The lowest BCUT2D eigenvalue weighted by Gasteiger charge is -2.12. The molecular weight excluding hydrogens is 274 g/mol. The van der Waals surface area contributed by atoms with Gasteiger partial charge < -0.3 is 14.6 Å². The molecule has 0 amide bonds. The van der Waals surface area contributed by atoms with Gasteiger partial charge in [-0.15, -0.1) is 0 Å². The van der Waals surface area contributed by atoms with E-state index in [2.05, 4.69) is 17.2 Å². The molecule has 0 spiro atoms. The van der Waals surface area contributed by atoms with Crippen LogP contribution in [-0.4, -0.2) is 16.1 Å². The molecule has 0 saturated heterocycles. The number of halogens is 1. The number of hydrogen-bond donors (Lipinski definition) is 1. The van der Waals surface area contributed by atoms with Crippen molar-refractivity contribution in [2.75, 3.05) is 6.54 Å². The number of ether oxygens (including phenoxy) is 1. The Morgan fingerprint density at radius 3 is 2.95 bits per heavy atom. The Morgan fingerprint density at radius 1 is 1.40 bits per heavy atom. The molecule has 1 heterocycles. The highest BCUT2D eigenvalue weighted by atomic mass is 35.5. The normalized spacial score (nSPS) is 10.8. The van der Waals surface area contributed by atoms with E-state index in [1.54, 1.807) is 6.20 Å². The molecular formula is C15H20ClN3O. The number of rotatable bonds is 7. The molecule has 4 nitrogen and oxygen atoms in total. The maximum Gasteiger partial charge on any atom is 0.146 e. The molecule has 0 fully saturated rings. The molecule has 2 rings (SSSR count). The summed E-state index contributed by atoms with van der Waals surface area (Å²) in [7, 11) is 1.96. The van der Waals surface area contributed by atoms with Crippen LogP contribution in [0.3, 0.4) is 0 Å². The van der Waals surface area contributed by atoms with Crippen LogP contribution >= 0.6 is 11.6 Å². The molecule has 1 N–H and O–H groups in total. The van der Waals surface area contributed by atoms with Crippen LogP contribution in [0.5, 0.6) is 5.75 Å². The zero-order chi connectivity index (χ0) is 14.4. The second-order valence-corrected chi connectivity index (χ2v) is 5.11. The van der Waals surface area contributed by atoms with Crippen LogP contribution in [-0.2, 0) is 20.2 Å². The molecule has 0 radical (unpaired) electrons. The van der Waals surface area contributed by atoms with Gasteiger partial charge in [0.05, 0.1) is 0 Å². The van der Waals surface area contributed by atoms with E-state index in [1.165, 1.54) is 0 Å². The van der Waals surface area contributed by atoms with Crippen molar-refractivity contribution in [3.63, 3.8) is 0 Å². The number of benzene rings is 1. The van der Waals surface area contributed by atoms with Crippen LogP contribution in [0, 0.1) is 0 Å². The lowest BCUT2D eigenvalue weighted by Crippen LogP contribution is -2.15. The number of aromatic nitrogens is 2. The van der Waals surface area contributed by atoms with E-state index in [0.29, 0.717) is 6.61 Å². The van der Waals surface area contributed by atoms with E-state index in [0.717, 1.165) is 41.7 Å². The van der Waals surface area contributed by atoms with Gasteiger partial charge in [0.1, 0.15) is 18.2 Å². The van der Waals surface area contributed by atoms with E-state index in [4.69, 9.17) is 16.3 Å². The molecule has 108 valence electrons. The first-order chi connectivity index (χ1) is 9.70. The van der Waals surface area contributed by atoms with Crippen molar-refractivity contribution in [2.45, 2.75) is 26.5 Å². The molecule has 0 aliphatic rings. The molecule has 0 saturated carbocycles. The van der Waals surface area contributed by atoms with Crippen molar-refractivity contribution in [2.24, 2.45) is 7.05 Å². The maximum absolute atomic E-state index is 6.05. The van der Waals surface area contributed by atoms with Crippen molar-refractivity contribution in [1.29, 1.82) is 0 Å². The molecule has 20 heavy (non-hydrogen) atoms. The SMILES string of the molecule is CCCNCc1cc(Cl)ccc1OCc1nccn1C. The summed E-state index contributed by atoms with van der Waals surface area (Å²) >= 11 is 6.05. The summed E-state index contributed by atoms with van der Waals surface area (Å²) < 4.78 is 7.82. The van der Waals surface area contributed by atoms with Gasteiger partial charge in [-0.2, -0.15) is 0 Å². The van der Waals surface area contributed by atoms with Gasteiger partial charge in [-0.05, 0) is 31.2 Å². The van der Waals surface area contributed by atoms with E-state index in [9.17, 15) is 0 Å². The minimum Gasteiger partial charge on any atom is -0.485 e. The van der Waals surface area contributed by atoms with Crippen molar-refractivity contribution >= 4 is 11.6 Å². The molecule has 0 unspecified atom stereocenters. The Hall–Kier alpha value is -1.52. The summed E-state index contributed by atoms with van der Waals surface area (Å²) in [6, 6.07) is 5.70. The van der Waals surface area contributed by atoms with Crippen LogP contribution in [0.2, 0.25) is 5.02 Å². The minimum absolute atomic E-state index is 0.450. The van der Waals surface area contributed by atoms with Crippen molar-refractivity contribution in [3.8, 4) is 5.75 Å². The Balaban J connectivity index is 2.04. The fraction of sp³-hybridized carbons (Fsp3) is 0.400. The smallest absolute Gasteiger partial charge is 0.146 e. The van der Waals surface area contributed by atoms with Gasteiger partial charge in [0.25, 0.3) is 0 Å². The predicted octanol–water partition coefficient (Wildman–Crippen LogP) is 3.15. The Morgan fingerprint density at radius 2 is 2.25 bits per heavy atom. The third-order valence-corrected chi connectivity index (χ3v) is 3.28. The molecule has 0 bridgehead atoms. The number of nitrogens with one attached hydrogen (secondary N) is 1. The lowest BCUT2D eigenvalue weighted by atomic mass is 10.2. The zero-order valence-electron chi connectivity index (χ0n) is 11.9. The fourth-order valence-corrected chi connectivity index (χ4v) is 2.10. The summed E-state index contributed by atoms with van der Waals surface area (Å²) in [6.45, 7) is 4.32. The average molecular weight is 294 g/mol. The number of imidazole rings is 1. The van der Waals surface area contributed by atoms with E-state index >= 15 is 0 Å². The highest BCUT2D eigenvalue weighted by Gasteiger charge is 2.07. The maximum atomic E-state index is 6.05. The first-order valence-electron chi connectivity index (χ1n) is 6.79.